The highest BCUT2D eigenvalue weighted by Crippen LogP contribution is 2.38. The number of benzene rings is 3. The molecule has 6 N–H and O–H groups in total. The number of fused-ring (bicyclic) bond motifs is 2. The normalized spacial score (nSPS) is 15.3. The summed E-state index contributed by atoms with van der Waals surface area (Å²) in [5, 5.41) is 16.8. The molecule has 1 saturated heterocycles. The number of imide groups is 1. The zero-order chi connectivity index (χ0) is 58.6. The minimum atomic E-state index is -0.951. The van der Waals surface area contributed by atoms with Crippen LogP contribution in [0.1, 0.15) is 110 Å². The van der Waals surface area contributed by atoms with Crippen LogP contribution in [0.3, 0.4) is 0 Å². The van der Waals surface area contributed by atoms with E-state index in [9.17, 15) is 43.2 Å². The van der Waals surface area contributed by atoms with Crippen molar-refractivity contribution < 1.29 is 52.6 Å². The number of rotatable bonds is 24. The van der Waals surface area contributed by atoms with Crippen molar-refractivity contribution >= 4 is 87.8 Å². The first-order valence-electron chi connectivity index (χ1n) is 27.5. The summed E-state index contributed by atoms with van der Waals surface area (Å²) in [6.07, 6.45) is 13.0. The molecule has 9 amide bonds. The fourth-order valence-corrected chi connectivity index (χ4v) is 9.79. The van der Waals surface area contributed by atoms with Crippen LogP contribution in [-0.4, -0.2) is 123 Å². The molecule has 3 aliphatic heterocycles. The second kappa shape index (κ2) is 26.7. The van der Waals surface area contributed by atoms with Crippen LogP contribution >= 0.6 is 0 Å². The van der Waals surface area contributed by atoms with Gasteiger partial charge in [-0.05, 0) is 112 Å². The van der Waals surface area contributed by atoms with Gasteiger partial charge in [-0.25, -0.2) is 0 Å². The molecule has 3 aliphatic rings. The van der Waals surface area contributed by atoms with Crippen molar-refractivity contribution in [2.24, 2.45) is 25.0 Å². The van der Waals surface area contributed by atoms with Gasteiger partial charge in [0.05, 0.1) is 36.7 Å². The molecular formula is C60H69N11O11. The maximum atomic E-state index is 13.5. The zero-order valence-corrected chi connectivity index (χ0v) is 46.8. The minimum Gasteiger partial charge on any atom is -0.493 e. The molecule has 8 rings (SSSR count). The van der Waals surface area contributed by atoms with Crippen LogP contribution in [0.15, 0.2) is 102 Å². The molecule has 3 atom stereocenters. The van der Waals surface area contributed by atoms with Crippen LogP contribution < -0.4 is 41.4 Å². The number of hydrogen-bond acceptors (Lipinski definition) is 12. The summed E-state index contributed by atoms with van der Waals surface area (Å²) in [6, 6.07) is 18.5. The summed E-state index contributed by atoms with van der Waals surface area (Å²) >= 11 is 0. The monoisotopic (exact) mass is 1120 g/mol. The Balaban J connectivity index is 0.751. The smallest absolute Gasteiger partial charge is 0.272 e. The fourth-order valence-electron chi connectivity index (χ4n) is 9.79. The Morgan fingerprint density at radius 1 is 0.646 bits per heavy atom. The summed E-state index contributed by atoms with van der Waals surface area (Å²) in [5.41, 5.74) is 5.12. The lowest BCUT2D eigenvalue weighted by Crippen LogP contribution is -2.53. The number of unbranched alkanes of at least 4 members (excludes halogenated alkanes) is 2. The first-order chi connectivity index (χ1) is 39.3. The van der Waals surface area contributed by atoms with Gasteiger partial charge in [0, 0.05) is 99.5 Å². The maximum Gasteiger partial charge on any atom is 0.272 e. The minimum absolute atomic E-state index is 0.0306. The summed E-state index contributed by atoms with van der Waals surface area (Å²) < 4.78 is 14.9. The topological polar surface area (TPSA) is 273 Å². The Bertz CT molecular complexity index is 3290. The van der Waals surface area contributed by atoms with E-state index in [2.05, 4.69) is 36.9 Å². The number of anilines is 4. The zero-order valence-electron chi connectivity index (χ0n) is 46.8. The molecule has 5 heterocycles. The molecule has 0 spiro atoms. The number of aliphatic imine (C=N–C) groups is 1. The van der Waals surface area contributed by atoms with E-state index in [1.54, 1.807) is 104 Å². The van der Waals surface area contributed by atoms with Gasteiger partial charge in [0.15, 0.2) is 11.5 Å². The molecule has 2 aromatic heterocycles. The van der Waals surface area contributed by atoms with E-state index < -0.39 is 23.9 Å². The molecule has 0 bridgehead atoms. The summed E-state index contributed by atoms with van der Waals surface area (Å²) in [4.78, 5) is 123. The largest absolute Gasteiger partial charge is 0.493 e. The highest BCUT2D eigenvalue weighted by molar-refractivity contribution is 6.13. The van der Waals surface area contributed by atoms with E-state index in [-0.39, 0.29) is 79.3 Å². The fraction of sp³-hybridized carbons (Fsp3) is 0.367. The number of nitrogens with one attached hydrogen (secondary N) is 6. The van der Waals surface area contributed by atoms with Crippen molar-refractivity contribution in [2.45, 2.75) is 96.7 Å². The second-order valence-corrected chi connectivity index (χ2v) is 20.9. The molecular weight excluding hydrogens is 1050 g/mol. The number of methoxy groups -OCH3 is 1. The molecule has 82 heavy (non-hydrogen) atoms. The van der Waals surface area contributed by atoms with Crippen molar-refractivity contribution in [3.05, 3.63) is 114 Å². The molecule has 5 aromatic rings. The molecule has 22 nitrogen and oxygen atoms in total. The third-order valence-corrected chi connectivity index (χ3v) is 14.4. The lowest BCUT2D eigenvalue weighted by molar-refractivity contribution is -0.137. The van der Waals surface area contributed by atoms with Crippen molar-refractivity contribution in [3.63, 3.8) is 0 Å². The average Bonchev–Trinajstić information content (AvgIpc) is 4.18. The number of carbonyl (C=O) groups is 9. The molecule has 22 heteroatoms. The maximum absolute atomic E-state index is 13.5. The van der Waals surface area contributed by atoms with Crippen molar-refractivity contribution in [1.29, 1.82) is 0 Å². The molecule has 0 saturated carbocycles. The Hall–Kier alpha value is -9.34. The van der Waals surface area contributed by atoms with Crippen LogP contribution in [0.5, 0.6) is 11.5 Å². The Labute approximate surface area is 475 Å². The first-order valence-corrected chi connectivity index (χ1v) is 27.5. The summed E-state index contributed by atoms with van der Waals surface area (Å²) in [7, 11) is 4.97. The van der Waals surface area contributed by atoms with Gasteiger partial charge in [0.25, 0.3) is 29.5 Å². The van der Waals surface area contributed by atoms with Crippen LogP contribution in [0.2, 0.25) is 0 Å². The number of carbonyl (C=O) groups excluding carboxylic acids is 9. The molecule has 0 aliphatic carbocycles. The highest BCUT2D eigenvalue weighted by Gasteiger charge is 2.32. The first kappa shape index (κ1) is 58.8. The van der Waals surface area contributed by atoms with Gasteiger partial charge < -0.3 is 55.4 Å². The summed E-state index contributed by atoms with van der Waals surface area (Å²) in [5.74, 6) is -2.55. The standard InChI is InChI=1S/C60H69N11O11/c1-36(2)55(67-52(73)14-8-7-10-27-71-53(74)24-25-54(71)75)59(79)62-37(3)56(76)64-41-20-22-42(23-21-41)66-57(77)47-29-39(34-68(47)4)38-16-18-40(19-17-38)65-58(78)48-30-43(35-69(48)5)63-51(72)15-12-28-82-50-32-46-45(31-49(50)81-6)60(80)70-26-11-9-13-44(70)33-61-46/h16-25,29-37,44,55H,7-15,26-28H2,1-6H3,(H,62,79)(H,63,72)(H,64,76)(H,65,78)(H,66,77)(H,67,73)/t37-,44-,55-/m0/s1. The van der Waals surface area contributed by atoms with Crippen LogP contribution in [0, 0.1) is 5.92 Å². The van der Waals surface area contributed by atoms with Crippen molar-refractivity contribution in [3.8, 4) is 22.6 Å². The van der Waals surface area contributed by atoms with Gasteiger partial charge in [-0.2, -0.15) is 0 Å². The SMILES string of the molecule is COc1cc2c(cc1OCCCC(=O)Nc1cc(C(=O)Nc3ccc(-c4cc(C(=O)Nc5ccc(NC(=O)[C@H](C)NC(=O)[C@@H](NC(=O)CCCCCN6C(=O)C=CC6=O)C(C)C)cc5)n(C)c4)cc3)n(C)c1)N=C[C@@H]1CCCCN1C2=O. The number of nitrogens with zero attached hydrogens (tertiary/aromatic N) is 5. The van der Waals surface area contributed by atoms with Gasteiger partial charge in [0.2, 0.25) is 23.6 Å². The van der Waals surface area contributed by atoms with Gasteiger partial charge in [0.1, 0.15) is 23.5 Å². The Kier molecular flexibility index (Phi) is 19.2. The van der Waals surface area contributed by atoms with Crippen LogP contribution in [0.25, 0.3) is 11.1 Å². The number of amides is 9. The Morgan fingerprint density at radius 3 is 1.95 bits per heavy atom. The highest BCUT2D eigenvalue weighted by atomic mass is 16.5. The van der Waals surface area contributed by atoms with E-state index in [1.165, 1.54) is 26.2 Å². The number of aryl methyl sites for hydroxylation is 2. The molecule has 430 valence electrons. The van der Waals surface area contributed by atoms with E-state index in [1.807, 2.05) is 29.4 Å². The third kappa shape index (κ3) is 14.7. The van der Waals surface area contributed by atoms with Gasteiger partial charge in [-0.15, -0.1) is 0 Å². The van der Waals surface area contributed by atoms with Crippen molar-refractivity contribution in [2.75, 3.05) is 48.1 Å². The summed E-state index contributed by atoms with van der Waals surface area (Å²) in [6.45, 7) is 6.27. The molecule has 3 aromatic carbocycles. The van der Waals surface area contributed by atoms with Gasteiger partial charge >= 0.3 is 0 Å². The van der Waals surface area contributed by atoms with Crippen LogP contribution in [-0.2, 0) is 42.9 Å². The lowest BCUT2D eigenvalue weighted by Gasteiger charge is -2.32. The Morgan fingerprint density at radius 2 is 1.28 bits per heavy atom. The number of ether oxygens (including phenoxy) is 2. The number of hydrogen-bond donors (Lipinski definition) is 6. The lowest BCUT2D eigenvalue weighted by atomic mass is 10.0. The van der Waals surface area contributed by atoms with Crippen molar-refractivity contribution in [1.82, 2.24) is 29.6 Å². The molecule has 1 fully saturated rings. The van der Waals surface area contributed by atoms with E-state index in [0.29, 0.717) is 89.1 Å². The quantitative estimate of drug-likeness (QED) is 0.0267. The number of piperidine rings is 1. The second-order valence-electron chi connectivity index (χ2n) is 20.9. The predicted octanol–water partition coefficient (Wildman–Crippen LogP) is 7.12. The van der Waals surface area contributed by atoms with E-state index in [4.69, 9.17) is 9.47 Å². The van der Waals surface area contributed by atoms with Gasteiger partial charge in [-0.1, -0.05) is 32.4 Å². The van der Waals surface area contributed by atoms with Gasteiger partial charge in [-0.3, -0.25) is 53.0 Å². The average molecular weight is 1120 g/mol. The molecule has 0 unspecified atom stereocenters. The van der Waals surface area contributed by atoms with E-state index >= 15 is 0 Å². The third-order valence-electron chi connectivity index (χ3n) is 14.4. The number of aromatic nitrogens is 2. The van der Waals surface area contributed by atoms with Crippen LogP contribution in [0.4, 0.5) is 28.4 Å². The predicted molar refractivity (Wildman–Crippen MR) is 309 cm³/mol. The molecule has 0 radical (unpaired) electrons. The van der Waals surface area contributed by atoms with E-state index in [0.717, 1.165) is 35.3 Å².